The van der Waals surface area contributed by atoms with Crippen LogP contribution in [0.4, 0.5) is 4.39 Å². The van der Waals surface area contributed by atoms with Gasteiger partial charge in [0.1, 0.15) is 24.4 Å². The number of hydrogen-bond acceptors (Lipinski definition) is 6. The minimum absolute atomic E-state index is 0.0335. The van der Waals surface area contributed by atoms with Crippen molar-refractivity contribution in [1.29, 1.82) is 0 Å². The number of rotatable bonds is 6. The lowest BCUT2D eigenvalue weighted by atomic mass is 10.2. The maximum atomic E-state index is 13.1. The number of ether oxygens (including phenoxy) is 2. The third-order valence-corrected chi connectivity index (χ3v) is 4.89. The quantitative estimate of drug-likeness (QED) is 0.582. The Kier molecular flexibility index (Phi) is 6.15. The average Bonchev–Trinajstić information content (AvgIpc) is 3.15. The predicted octanol–water partition coefficient (Wildman–Crippen LogP) is 2.77. The van der Waals surface area contributed by atoms with Crippen LogP contribution in [0.3, 0.4) is 0 Å². The summed E-state index contributed by atoms with van der Waals surface area (Å²) in [5, 5.41) is 4.20. The molecule has 7 nitrogen and oxygen atoms in total. The van der Waals surface area contributed by atoms with E-state index in [4.69, 9.17) is 9.47 Å². The summed E-state index contributed by atoms with van der Waals surface area (Å²) in [5.41, 5.74) is 1.86. The number of morpholine rings is 1. The second kappa shape index (κ2) is 9.15. The Hall–Kier alpha value is -3.10. The summed E-state index contributed by atoms with van der Waals surface area (Å²) in [6.07, 6.45) is -0.202. The minimum Gasteiger partial charge on any atom is -0.457 e. The number of carbonyl (C=O) groups is 1. The fourth-order valence-corrected chi connectivity index (χ4v) is 3.40. The highest BCUT2D eigenvalue weighted by Gasteiger charge is 2.24. The van der Waals surface area contributed by atoms with E-state index >= 15 is 0 Å². The van der Waals surface area contributed by atoms with Crippen molar-refractivity contribution in [2.45, 2.75) is 19.6 Å². The number of aromatic nitrogens is 3. The van der Waals surface area contributed by atoms with Gasteiger partial charge in [0.15, 0.2) is 0 Å². The van der Waals surface area contributed by atoms with Gasteiger partial charge in [0.05, 0.1) is 12.3 Å². The van der Waals surface area contributed by atoms with Crippen molar-refractivity contribution in [2.24, 2.45) is 0 Å². The molecular formula is C22H23FN4O3. The van der Waals surface area contributed by atoms with Crippen LogP contribution in [0.25, 0.3) is 5.69 Å². The molecule has 156 valence electrons. The number of benzene rings is 2. The number of hydrogen-bond donors (Lipinski definition) is 0. The van der Waals surface area contributed by atoms with Gasteiger partial charge in [-0.25, -0.2) is 18.9 Å². The third-order valence-electron chi connectivity index (χ3n) is 4.89. The SMILES string of the molecule is Cc1nc(C(=O)OCC2CN(Cc3ccccc3)CCO2)nn1-c1ccc(F)cc1. The molecule has 2 heterocycles. The first-order valence-electron chi connectivity index (χ1n) is 9.83. The second-order valence-corrected chi connectivity index (χ2v) is 7.18. The molecule has 1 aliphatic heterocycles. The molecule has 1 aliphatic rings. The van der Waals surface area contributed by atoms with Crippen molar-refractivity contribution in [2.75, 3.05) is 26.3 Å². The highest BCUT2D eigenvalue weighted by atomic mass is 19.1. The predicted molar refractivity (Wildman–Crippen MR) is 108 cm³/mol. The fourth-order valence-electron chi connectivity index (χ4n) is 3.40. The van der Waals surface area contributed by atoms with Crippen LogP contribution in [0.5, 0.6) is 0 Å². The van der Waals surface area contributed by atoms with Crippen molar-refractivity contribution >= 4 is 5.97 Å². The molecular weight excluding hydrogens is 387 g/mol. The molecule has 30 heavy (non-hydrogen) atoms. The van der Waals surface area contributed by atoms with Gasteiger partial charge in [0.2, 0.25) is 0 Å². The Bertz CT molecular complexity index is 991. The number of halogens is 1. The summed E-state index contributed by atoms with van der Waals surface area (Å²) in [5.74, 6) is -0.474. The Morgan fingerprint density at radius 2 is 1.97 bits per heavy atom. The Morgan fingerprint density at radius 1 is 1.20 bits per heavy atom. The third kappa shape index (κ3) is 4.90. The van der Waals surface area contributed by atoms with E-state index in [0.29, 0.717) is 24.7 Å². The average molecular weight is 410 g/mol. The first-order valence-corrected chi connectivity index (χ1v) is 9.83. The molecule has 4 rings (SSSR count). The van der Waals surface area contributed by atoms with Crippen molar-refractivity contribution < 1.29 is 18.7 Å². The van der Waals surface area contributed by atoms with E-state index in [2.05, 4.69) is 27.1 Å². The van der Waals surface area contributed by atoms with Crippen molar-refractivity contribution in [3.8, 4) is 5.69 Å². The maximum Gasteiger partial charge on any atom is 0.378 e. The summed E-state index contributed by atoms with van der Waals surface area (Å²) in [7, 11) is 0. The number of nitrogens with zero attached hydrogens (tertiary/aromatic N) is 4. The van der Waals surface area contributed by atoms with Crippen LogP contribution in [0.2, 0.25) is 0 Å². The van der Waals surface area contributed by atoms with Gasteiger partial charge >= 0.3 is 5.97 Å². The molecule has 0 amide bonds. The molecule has 0 spiro atoms. The zero-order chi connectivity index (χ0) is 20.9. The summed E-state index contributed by atoms with van der Waals surface area (Å²) in [6.45, 7) is 4.79. The van der Waals surface area contributed by atoms with Gasteiger partial charge in [-0.1, -0.05) is 30.3 Å². The zero-order valence-electron chi connectivity index (χ0n) is 16.7. The molecule has 0 radical (unpaired) electrons. The van der Waals surface area contributed by atoms with Gasteiger partial charge in [-0.2, -0.15) is 0 Å². The number of esters is 1. The summed E-state index contributed by atoms with van der Waals surface area (Å²) in [6, 6.07) is 16.0. The molecule has 0 N–H and O–H groups in total. The van der Waals surface area contributed by atoms with Crippen LogP contribution in [-0.2, 0) is 16.0 Å². The summed E-state index contributed by atoms with van der Waals surface area (Å²) in [4.78, 5) is 18.9. The highest BCUT2D eigenvalue weighted by molar-refractivity contribution is 5.85. The molecule has 8 heteroatoms. The Morgan fingerprint density at radius 3 is 2.73 bits per heavy atom. The van der Waals surface area contributed by atoms with Crippen LogP contribution in [-0.4, -0.2) is 58.0 Å². The standard InChI is InChI=1S/C22H23FN4O3/c1-16-24-21(25-27(16)19-9-7-18(23)8-10-19)22(28)30-15-20-14-26(11-12-29-20)13-17-5-3-2-4-6-17/h2-10,20H,11-15H2,1H3. The summed E-state index contributed by atoms with van der Waals surface area (Å²) < 4.78 is 25.8. The molecule has 0 saturated carbocycles. The van der Waals surface area contributed by atoms with Gasteiger partial charge in [0.25, 0.3) is 5.82 Å². The minimum atomic E-state index is -0.609. The topological polar surface area (TPSA) is 69.5 Å². The molecule has 1 unspecified atom stereocenters. The fraction of sp³-hybridized carbons (Fsp3) is 0.318. The van der Waals surface area contributed by atoms with E-state index in [1.807, 2.05) is 18.2 Å². The van der Waals surface area contributed by atoms with Crippen LogP contribution < -0.4 is 0 Å². The number of aryl methyl sites for hydroxylation is 1. The van der Waals surface area contributed by atoms with Gasteiger partial charge in [-0.3, -0.25) is 4.90 Å². The van der Waals surface area contributed by atoms with E-state index < -0.39 is 5.97 Å². The molecule has 1 atom stereocenters. The van der Waals surface area contributed by atoms with Crippen molar-refractivity contribution in [3.63, 3.8) is 0 Å². The van der Waals surface area contributed by atoms with Gasteiger partial charge in [-0.15, -0.1) is 5.10 Å². The lowest BCUT2D eigenvalue weighted by Crippen LogP contribution is -2.44. The maximum absolute atomic E-state index is 13.1. The molecule has 1 fully saturated rings. The largest absolute Gasteiger partial charge is 0.457 e. The number of carbonyl (C=O) groups excluding carboxylic acids is 1. The van der Waals surface area contributed by atoms with Crippen LogP contribution in [0.1, 0.15) is 22.0 Å². The van der Waals surface area contributed by atoms with Gasteiger partial charge < -0.3 is 9.47 Å². The van der Waals surface area contributed by atoms with E-state index in [-0.39, 0.29) is 24.4 Å². The second-order valence-electron chi connectivity index (χ2n) is 7.18. The molecule has 3 aromatic rings. The normalized spacial score (nSPS) is 17.1. The first-order chi connectivity index (χ1) is 14.6. The Balaban J connectivity index is 1.33. The highest BCUT2D eigenvalue weighted by Crippen LogP contribution is 2.13. The van der Waals surface area contributed by atoms with Gasteiger partial charge in [-0.05, 0) is 36.8 Å². The van der Waals surface area contributed by atoms with E-state index in [0.717, 1.165) is 13.1 Å². The molecule has 0 aliphatic carbocycles. The lowest BCUT2D eigenvalue weighted by molar-refractivity contribution is -0.0614. The first kappa shape index (κ1) is 20.2. The smallest absolute Gasteiger partial charge is 0.378 e. The molecule has 0 bridgehead atoms. The molecule has 1 saturated heterocycles. The van der Waals surface area contributed by atoms with E-state index in [1.54, 1.807) is 19.1 Å². The monoisotopic (exact) mass is 410 g/mol. The van der Waals surface area contributed by atoms with Crippen LogP contribution in [0.15, 0.2) is 54.6 Å². The van der Waals surface area contributed by atoms with E-state index in [9.17, 15) is 9.18 Å². The van der Waals surface area contributed by atoms with Gasteiger partial charge in [0, 0.05) is 19.6 Å². The Labute approximate surface area is 174 Å². The van der Waals surface area contributed by atoms with Crippen LogP contribution >= 0.6 is 0 Å². The van der Waals surface area contributed by atoms with Crippen molar-refractivity contribution in [1.82, 2.24) is 19.7 Å². The van der Waals surface area contributed by atoms with Crippen molar-refractivity contribution in [3.05, 3.63) is 77.6 Å². The van der Waals surface area contributed by atoms with E-state index in [1.165, 1.54) is 22.4 Å². The zero-order valence-corrected chi connectivity index (χ0v) is 16.7. The lowest BCUT2D eigenvalue weighted by Gasteiger charge is -2.32. The molecule has 2 aromatic carbocycles. The molecule has 1 aromatic heterocycles. The summed E-state index contributed by atoms with van der Waals surface area (Å²) >= 11 is 0. The van der Waals surface area contributed by atoms with Crippen LogP contribution in [0, 0.1) is 12.7 Å².